The Morgan fingerprint density at radius 3 is 2.48 bits per heavy atom. The average molecular weight is 322 g/mol. The zero-order valence-corrected chi connectivity index (χ0v) is 12.0. The number of halogens is 4. The third-order valence-electron chi connectivity index (χ3n) is 2.66. The Labute approximate surface area is 124 Å². The number of carbonyl (C=O) groups excluding carboxylic acids is 1. The van der Waals surface area contributed by atoms with Crippen molar-refractivity contribution < 1.29 is 22.4 Å². The number of carbonyl (C=O) groups is 1. The molecule has 0 unspecified atom stereocenters. The van der Waals surface area contributed by atoms with Gasteiger partial charge in [-0.3, -0.25) is 4.79 Å². The Balaban J connectivity index is 3.19. The predicted molar refractivity (Wildman–Crippen MR) is 74.4 cm³/mol. The van der Waals surface area contributed by atoms with Crippen molar-refractivity contribution in [3.8, 4) is 0 Å². The third kappa shape index (κ3) is 4.38. The fourth-order valence-corrected chi connectivity index (χ4v) is 1.95. The molecule has 1 amide bonds. The lowest BCUT2D eigenvalue weighted by molar-refractivity contribution is -0.140. The molecule has 0 fully saturated rings. The molecule has 3 nitrogen and oxygen atoms in total. The van der Waals surface area contributed by atoms with E-state index in [0.717, 1.165) is 17.0 Å². The number of hydrogen-bond acceptors (Lipinski definition) is 2. The van der Waals surface area contributed by atoms with Crippen LogP contribution >= 0.6 is 12.2 Å². The molecule has 1 aromatic carbocycles. The summed E-state index contributed by atoms with van der Waals surface area (Å²) in [6, 6.07) is 2.59. The van der Waals surface area contributed by atoms with E-state index in [1.54, 1.807) is 6.92 Å². The van der Waals surface area contributed by atoms with Gasteiger partial charge in [0.25, 0.3) is 5.91 Å². The highest BCUT2D eigenvalue weighted by Crippen LogP contribution is 2.32. The summed E-state index contributed by atoms with van der Waals surface area (Å²) in [6.07, 6.45) is -4.33. The number of amides is 1. The van der Waals surface area contributed by atoms with Crippen LogP contribution in [0.5, 0.6) is 0 Å². The van der Waals surface area contributed by atoms with Crippen LogP contribution in [0.15, 0.2) is 18.2 Å². The second-order valence-corrected chi connectivity index (χ2v) is 4.88. The smallest absolute Gasteiger partial charge is 0.392 e. The third-order valence-corrected chi connectivity index (χ3v) is 2.79. The molecule has 0 aromatic heterocycles. The van der Waals surface area contributed by atoms with Crippen molar-refractivity contribution in [1.82, 2.24) is 4.90 Å². The topological polar surface area (TPSA) is 46.3 Å². The molecule has 8 heteroatoms. The molecule has 0 bridgehead atoms. The highest BCUT2D eigenvalue weighted by molar-refractivity contribution is 7.80. The van der Waals surface area contributed by atoms with Gasteiger partial charge >= 0.3 is 6.18 Å². The average Bonchev–Trinajstić information content (AvgIpc) is 2.36. The van der Waals surface area contributed by atoms with Gasteiger partial charge in [-0.05, 0) is 18.6 Å². The minimum atomic E-state index is -4.86. The molecule has 0 aliphatic carbocycles. The number of rotatable bonds is 5. The number of nitrogens with zero attached hydrogens (tertiary/aromatic N) is 1. The first-order valence-corrected chi connectivity index (χ1v) is 6.52. The van der Waals surface area contributed by atoms with Gasteiger partial charge in [0, 0.05) is 6.54 Å². The van der Waals surface area contributed by atoms with E-state index >= 15 is 0 Å². The molecule has 0 atom stereocenters. The maximum atomic E-state index is 13.9. The van der Waals surface area contributed by atoms with Crippen LogP contribution in [0.25, 0.3) is 0 Å². The molecule has 0 aliphatic rings. The molecule has 0 radical (unpaired) electrons. The number of nitrogens with two attached hydrogens (primary N) is 1. The van der Waals surface area contributed by atoms with Crippen LogP contribution in [-0.4, -0.2) is 28.9 Å². The maximum Gasteiger partial charge on any atom is 0.419 e. The van der Waals surface area contributed by atoms with Gasteiger partial charge in [-0.15, -0.1) is 0 Å². The molecule has 116 valence electrons. The fourth-order valence-electron chi connectivity index (χ4n) is 1.80. The van der Waals surface area contributed by atoms with E-state index in [1.165, 1.54) is 0 Å². The van der Waals surface area contributed by atoms with E-state index in [2.05, 4.69) is 12.2 Å². The summed E-state index contributed by atoms with van der Waals surface area (Å²) < 4.78 is 51.9. The van der Waals surface area contributed by atoms with Gasteiger partial charge in [0.2, 0.25) is 0 Å². The van der Waals surface area contributed by atoms with Crippen LogP contribution in [0, 0.1) is 5.82 Å². The molecule has 2 N–H and O–H groups in total. The fraction of sp³-hybridized carbons (Fsp3) is 0.385. The van der Waals surface area contributed by atoms with Crippen LogP contribution in [-0.2, 0) is 6.18 Å². The summed E-state index contributed by atoms with van der Waals surface area (Å²) in [5.74, 6) is -2.45. The lowest BCUT2D eigenvalue weighted by Gasteiger charge is -2.22. The van der Waals surface area contributed by atoms with Gasteiger partial charge in [-0.25, -0.2) is 4.39 Å². The molecule has 21 heavy (non-hydrogen) atoms. The zero-order valence-electron chi connectivity index (χ0n) is 11.2. The van der Waals surface area contributed by atoms with E-state index in [4.69, 9.17) is 5.73 Å². The summed E-state index contributed by atoms with van der Waals surface area (Å²) in [4.78, 5) is 13.3. The van der Waals surface area contributed by atoms with Gasteiger partial charge in [0.1, 0.15) is 5.82 Å². The first-order valence-electron chi connectivity index (χ1n) is 6.11. The quantitative estimate of drug-likeness (QED) is 0.670. The highest BCUT2D eigenvalue weighted by Gasteiger charge is 2.36. The van der Waals surface area contributed by atoms with Crippen molar-refractivity contribution in [3.05, 3.63) is 35.1 Å². The zero-order chi connectivity index (χ0) is 16.2. The van der Waals surface area contributed by atoms with Gasteiger partial charge in [0.05, 0.1) is 22.7 Å². The van der Waals surface area contributed by atoms with Gasteiger partial charge < -0.3 is 10.6 Å². The van der Waals surface area contributed by atoms with Gasteiger partial charge in [-0.2, -0.15) is 13.2 Å². The Hall–Kier alpha value is -1.70. The Kier molecular flexibility index (Phi) is 5.65. The van der Waals surface area contributed by atoms with Crippen molar-refractivity contribution in [1.29, 1.82) is 0 Å². The molecular formula is C13H14F4N2OS. The van der Waals surface area contributed by atoms with E-state index in [-0.39, 0.29) is 18.1 Å². The van der Waals surface area contributed by atoms with E-state index in [9.17, 15) is 22.4 Å². The summed E-state index contributed by atoms with van der Waals surface area (Å²) in [5, 5.41) is 0. The molecule has 1 rings (SSSR count). The van der Waals surface area contributed by atoms with Gasteiger partial charge in [-0.1, -0.05) is 25.2 Å². The Morgan fingerprint density at radius 2 is 2.00 bits per heavy atom. The number of benzene rings is 1. The molecule has 0 saturated heterocycles. The summed E-state index contributed by atoms with van der Waals surface area (Å²) >= 11 is 4.68. The predicted octanol–water partition coefficient (Wildman–Crippen LogP) is 2.98. The SMILES string of the molecule is CCCN(CC(N)=S)C(=O)c1cccc(C(F)(F)F)c1F. The lowest BCUT2D eigenvalue weighted by Crippen LogP contribution is -2.38. The first-order chi connectivity index (χ1) is 9.68. The molecule has 0 spiro atoms. The van der Waals surface area contributed by atoms with Crippen LogP contribution in [0.3, 0.4) is 0 Å². The van der Waals surface area contributed by atoms with E-state index < -0.39 is 29.0 Å². The molecule has 1 aromatic rings. The first kappa shape index (κ1) is 17.4. The van der Waals surface area contributed by atoms with Crippen LogP contribution in [0.1, 0.15) is 29.3 Å². The van der Waals surface area contributed by atoms with Crippen molar-refractivity contribution >= 4 is 23.1 Å². The van der Waals surface area contributed by atoms with Crippen LogP contribution in [0.4, 0.5) is 17.6 Å². The van der Waals surface area contributed by atoms with Crippen molar-refractivity contribution in [2.24, 2.45) is 5.73 Å². The summed E-state index contributed by atoms with van der Waals surface area (Å²) in [7, 11) is 0. The molecule has 0 heterocycles. The normalized spacial score (nSPS) is 11.3. The highest BCUT2D eigenvalue weighted by atomic mass is 32.1. The largest absolute Gasteiger partial charge is 0.419 e. The maximum absolute atomic E-state index is 13.9. The summed E-state index contributed by atoms with van der Waals surface area (Å²) in [5.41, 5.74) is 3.22. The van der Waals surface area contributed by atoms with Crippen molar-refractivity contribution in [3.63, 3.8) is 0 Å². The standard InChI is InChI=1S/C13H14F4N2OS/c1-2-6-19(7-10(18)21)12(20)8-4-3-5-9(11(8)14)13(15,16)17/h3-5H,2,6-7H2,1H3,(H2,18,21). The van der Waals surface area contributed by atoms with E-state index in [1.807, 2.05) is 0 Å². The van der Waals surface area contributed by atoms with Crippen LogP contribution in [0.2, 0.25) is 0 Å². The minimum Gasteiger partial charge on any atom is -0.392 e. The van der Waals surface area contributed by atoms with Crippen molar-refractivity contribution in [2.75, 3.05) is 13.1 Å². The number of alkyl halides is 3. The van der Waals surface area contributed by atoms with Gasteiger partial charge in [0.15, 0.2) is 0 Å². The van der Waals surface area contributed by atoms with Crippen molar-refractivity contribution in [2.45, 2.75) is 19.5 Å². The second-order valence-electron chi connectivity index (χ2n) is 4.36. The second kappa shape index (κ2) is 6.84. The Morgan fingerprint density at radius 1 is 1.38 bits per heavy atom. The Bertz CT molecular complexity index is 545. The number of thiocarbonyl (C=S) groups is 1. The van der Waals surface area contributed by atoms with E-state index in [0.29, 0.717) is 12.5 Å². The number of hydrogen-bond donors (Lipinski definition) is 1. The van der Waals surface area contributed by atoms with Crippen LogP contribution < -0.4 is 5.73 Å². The monoisotopic (exact) mass is 322 g/mol. The molecule has 0 aliphatic heterocycles. The summed E-state index contributed by atoms with van der Waals surface area (Å²) in [6.45, 7) is 1.87. The lowest BCUT2D eigenvalue weighted by atomic mass is 10.1. The molecular weight excluding hydrogens is 308 g/mol. The minimum absolute atomic E-state index is 0.00387. The molecule has 0 saturated carbocycles.